The smallest absolute Gasteiger partial charge is 0.332 e. The van der Waals surface area contributed by atoms with Gasteiger partial charge in [-0.1, -0.05) is 12.8 Å². The summed E-state index contributed by atoms with van der Waals surface area (Å²) in [5, 5.41) is 24.3. The molecule has 0 amide bonds. The van der Waals surface area contributed by atoms with Gasteiger partial charge in [0.2, 0.25) is 11.8 Å². The van der Waals surface area contributed by atoms with E-state index in [1.807, 2.05) is 0 Å². The van der Waals surface area contributed by atoms with Crippen molar-refractivity contribution in [2.75, 3.05) is 24.3 Å². The Bertz CT molecular complexity index is 537. The summed E-state index contributed by atoms with van der Waals surface area (Å²) in [6.07, 6.45) is 3.01. The molecule has 0 radical (unpaired) electrons. The van der Waals surface area contributed by atoms with Crippen LogP contribution in [0.1, 0.15) is 31.4 Å². The zero-order valence-corrected chi connectivity index (χ0v) is 12.5. The predicted molar refractivity (Wildman–Crippen MR) is 79.6 cm³/mol. The lowest BCUT2D eigenvalue weighted by Gasteiger charge is -2.35. The van der Waals surface area contributed by atoms with Crippen molar-refractivity contribution < 1.29 is 10.0 Å². The third-order valence-electron chi connectivity index (χ3n) is 3.97. The highest BCUT2D eigenvalue weighted by Crippen LogP contribution is 2.33. The van der Waals surface area contributed by atoms with Gasteiger partial charge in [0, 0.05) is 14.1 Å². The number of rotatable bonds is 4. The van der Waals surface area contributed by atoms with Gasteiger partial charge in [-0.3, -0.25) is 10.1 Å². The lowest BCUT2D eigenvalue weighted by atomic mass is 9.91. The first-order valence-electron chi connectivity index (χ1n) is 7.07. The highest BCUT2D eigenvalue weighted by Gasteiger charge is 2.33. The number of likely N-dealkylation sites (N-methyl/N-ethyl adjacent to an activating group) is 1. The summed E-state index contributed by atoms with van der Waals surface area (Å²) in [6, 6.07) is -0.156. The van der Waals surface area contributed by atoms with Crippen molar-refractivity contribution >= 4 is 17.5 Å². The zero-order chi connectivity index (χ0) is 15.6. The average Bonchev–Trinajstić information content (AvgIpc) is 2.45. The molecule has 0 bridgehead atoms. The van der Waals surface area contributed by atoms with Crippen LogP contribution in [0.25, 0.3) is 0 Å². The molecule has 116 valence electrons. The van der Waals surface area contributed by atoms with E-state index in [9.17, 15) is 15.2 Å². The first kappa shape index (κ1) is 15.4. The quantitative estimate of drug-likeness (QED) is 0.640. The number of aliphatic hydroxyl groups is 1. The van der Waals surface area contributed by atoms with E-state index in [0.29, 0.717) is 18.1 Å². The fourth-order valence-electron chi connectivity index (χ4n) is 2.82. The van der Waals surface area contributed by atoms with Crippen LogP contribution in [0.2, 0.25) is 0 Å². The molecule has 1 aliphatic rings. The molecule has 0 spiro atoms. The maximum Gasteiger partial charge on any atom is 0.332 e. The molecule has 8 nitrogen and oxygen atoms in total. The van der Waals surface area contributed by atoms with Gasteiger partial charge in [-0.15, -0.1) is 0 Å². The minimum absolute atomic E-state index is 0.103. The van der Waals surface area contributed by atoms with Crippen molar-refractivity contribution in [2.45, 2.75) is 44.8 Å². The van der Waals surface area contributed by atoms with Gasteiger partial charge in [0.1, 0.15) is 5.69 Å². The molecule has 1 saturated carbocycles. The third-order valence-corrected chi connectivity index (χ3v) is 3.97. The minimum Gasteiger partial charge on any atom is -0.391 e. The standard InChI is InChI=1S/C13H21N5O3/c1-8-11(18(20)21)12(16-13(14-2)15-8)17(3)9-6-4-5-7-10(9)19/h9-10,19H,4-7H2,1-3H3,(H,14,15,16). The molecule has 0 aromatic carbocycles. The van der Waals surface area contributed by atoms with Gasteiger partial charge >= 0.3 is 5.69 Å². The summed E-state index contributed by atoms with van der Waals surface area (Å²) in [6.45, 7) is 1.59. The first-order chi connectivity index (χ1) is 9.95. The van der Waals surface area contributed by atoms with Crippen molar-refractivity contribution in [3.8, 4) is 0 Å². The van der Waals surface area contributed by atoms with Gasteiger partial charge in [-0.2, -0.15) is 4.98 Å². The molecule has 0 saturated heterocycles. The molecule has 1 heterocycles. The van der Waals surface area contributed by atoms with Crippen LogP contribution in [0.4, 0.5) is 17.5 Å². The van der Waals surface area contributed by atoms with Crippen LogP contribution in [-0.2, 0) is 0 Å². The number of aromatic nitrogens is 2. The maximum atomic E-state index is 11.3. The van der Waals surface area contributed by atoms with Crippen LogP contribution in [0, 0.1) is 17.0 Å². The highest BCUT2D eigenvalue weighted by atomic mass is 16.6. The summed E-state index contributed by atoms with van der Waals surface area (Å²) in [5.41, 5.74) is 0.209. The highest BCUT2D eigenvalue weighted by molar-refractivity contribution is 5.62. The van der Waals surface area contributed by atoms with Crippen LogP contribution < -0.4 is 10.2 Å². The molecule has 2 unspecified atom stereocenters. The van der Waals surface area contributed by atoms with E-state index in [-0.39, 0.29) is 17.5 Å². The van der Waals surface area contributed by atoms with Gasteiger partial charge in [-0.25, -0.2) is 4.98 Å². The second-order valence-corrected chi connectivity index (χ2v) is 5.34. The van der Waals surface area contributed by atoms with E-state index in [4.69, 9.17) is 0 Å². The Hall–Kier alpha value is -1.96. The van der Waals surface area contributed by atoms with Crippen molar-refractivity contribution in [1.82, 2.24) is 9.97 Å². The van der Waals surface area contributed by atoms with Crippen molar-refractivity contribution in [1.29, 1.82) is 0 Å². The fraction of sp³-hybridized carbons (Fsp3) is 0.692. The summed E-state index contributed by atoms with van der Waals surface area (Å²) < 4.78 is 0. The molecule has 1 aromatic heterocycles. The van der Waals surface area contributed by atoms with E-state index < -0.39 is 11.0 Å². The molecular weight excluding hydrogens is 274 g/mol. The molecule has 2 atom stereocenters. The zero-order valence-electron chi connectivity index (χ0n) is 12.5. The molecule has 8 heteroatoms. The molecular formula is C13H21N5O3. The summed E-state index contributed by atoms with van der Waals surface area (Å²) in [5.74, 6) is 0.591. The number of anilines is 2. The monoisotopic (exact) mass is 295 g/mol. The lowest BCUT2D eigenvalue weighted by molar-refractivity contribution is -0.385. The number of nitrogens with one attached hydrogen (secondary N) is 1. The average molecular weight is 295 g/mol. The van der Waals surface area contributed by atoms with E-state index in [1.165, 1.54) is 0 Å². The van der Waals surface area contributed by atoms with Crippen LogP contribution in [0.3, 0.4) is 0 Å². The molecule has 1 aliphatic carbocycles. The van der Waals surface area contributed by atoms with Gasteiger partial charge in [0.25, 0.3) is 0 Å². The van der Waals surface area contributed by atoms with Crippen LogP contribution in [0.15, 0.2) is 0 Å². The molecule has 2 N–H and O–H groups in total. The fourth-order valence-corrected chi connectivity index (χ4v) is 2.82. The second kappa shape index (κ2) is 6.21. The van der Waals surface area contributed by atoms with Gasteiger partial charge in [-0.05, 0) is 19.8 Å². The predicted octanol–water partition coefficient (Wildman–Crippen LogP) is 1.47. The lowest BCUT2D eigenvalue weighted by Crippen LogP contribution is -2.44. The normalized spacial score (nSPS) is 21.9. The first-order valence-corrected chi connectivity index (χ1v) is 7.07. The molecule has 0 aliphatic heterocycles. The van der Waals surface area contributed by atoms with E-state index in [1.54, 1.807) is 25.9 Å². The van der Waals surface area contributed by atoms with E-state index >= 15 is 0 Å². The van der Waals surface area contributed by atoms with Crippen LogP contribution >= 0.6 is 0 Å². The van der Waals surface area contributed by atoms with E-state index in [0.717, 1.165) is 19.3 Å². The van der Waals surface area contributed by atoms with Gasteiger partial charge < -0.3 is 15.3 Å². The van der Waals surface area contributed by atoms with E-state index in [2.05, 4.69) is 15.3 Å². The molecule has 1 fully saturated rings. The Balaban J connectivity index is 2.44. The largest absolute Gasteiger partial charge is 0.391 e. The Morgan fingerprint density at radius 1 is 1.38 bits per heavy atom. The number of nitro groups is 1. The van der Waals surface area contributed by atoms with Gasteiger partial charge in [0.05, 0.1) is 17.1 Å². The molecule has 2 rings (SSSR count). The minimum atomic E-state index is -0.489. The molecule has 1 aromatic rings. The maximum absolute atomic E-state index is 11.3. The Labute approximate surface area is 123 Å². The number of hydrogen-bond donors (Lipinski definition) is 2. The summed E-state index contributed by atoms with van der Waals surface area (Å²) in [7, 11) is 3.41. The Morgan fingerprint density at radius 3 is 2.62 bits per heavy atom. The van der Waals surface area contributed by atoms with Crippen molar-refractivity contribution in [2.24, 2.45) is 0 Å². The number of nitrogens with zero attached hydrogens (tertiary/aromatic N) is 4. The topological polar surface area (TPSA) is 104 Å². The summed E-state index contributed by atoms with van der Waals surface area (Å²) in [4.78, 5) is 20.9. The number of aliphatic hydroxyl groups excluding tert-OH is 1. The summed E-state index contributed by atoms with van der Waals surface area (Å²) >= 11 is 0. The number of hydrogen-bond acceptors (Lipinski definition) is 7. The third kappa shape index (κ3) is 3.05. The Morgan fingerprint density at radius 2 is 2.05 bits per heavy atom. The van der Waals surface area contributed by atoms with Crippen LogP contribution in [0.5, 0.6) is 0 Å². The second-order valence-electron chi connectivity index (χ2n) is 5.34. The Kier molecular flexibility index (Phi) is 4.56. The molecule has 21 heavy (non-hydrogen) atoms. The van der Waals surface area contributed by atoms with Crippen molar-refractivity contribution in [3.05, 3.63) is 15.8 Å². The number of aryl methyl sites for hydroxylation is 1. The van der Waals surface area contributed by atoms with Crippen LogP contribution in [-0.4, -0.2) is 46.2 Å². The van der Waals surface area contributed by atoms with Gasteiger partial charge in [0.15, 0.2) is 0 Å². The van der Waals surface area contributed by atoms with Crippen molar-refractivity contribution in [3.63, 3.8) is 0 Å². The SMILES string of the molecule is CNc1nc(C)c([N+](=O)[O-])c(N(C)C2CCCCC2O)n1.